The lowest BCUT2D eigenvalue weighted by molar-refractivity contribution is -0.128. The van der Waals surface area contributed by atoms with Crippen LogP contribution >= 0.6 is 0 Å². The highest BCUT2D eigenvalue weighted by Gasteiger charge is 2.34. The standard InChI is InChI=1S/C19H19N5O4/c1-10-9-16(25)22-19(20-10)24-15(8-11(2)23-24)21-18(26)17-12(3)27-13-6-4-5-7-14(13)28-17/h4-9,12,17H,1-3H3,(H,21,26)(H,20,22,25). The van der Waals surface area contributed by atoms with E-state index in [1.807, 2.05) is 12.1 Å². The lowest BCUT2D eigenvalue weighted by atomic mass is 10.1. The molecule has 0 aliphatic carbocycles. The third-order valence-corrected chi connectivity index (χ3v) is 4.24. The van der Waals surface area contributed by atoms with Gasteiger partial charge in [-0.25, -0.2) is 4.98 Å². The van der Waals surface area contributed by atoms with Crippen molar-refractivity contribution in [3.8, 4) is 17.4 Å². The molecular weight excluding hydrogens is 362 g/mol. The first-order valence-corrected chi connectivity index (χ1v) is 8.79. The first-order valence-electron chi connectivity index (χ1n) is 8.79. The van der Waals surface area contributed by atoms with Crippen LogP contribution in [0.5, 0.6) is 11.5 Å². The van der Waals surface area contributed by atoms with Crippen LogP contribution in [-0.2, 0) is 4.79 Å². The number of fused-ring (bicyclic) bond motifs is 1. The van der Waals surface area contributed by atoms with Gasteiger partial charge >= 0.3 is 0 Å². The van der Waals surface area contributed by atoms with Crippen LogP contribution in [0.1, 0.15) is 18.3 Å². The van der Waals surface area contributed by atoms with Crippen LogP contribution in [0.2, 0.25) is 0 Å². The van der Waals surface area contributed by atoms with E-state index in [1.54, 1.807) is 39.0 Å². The molecule has 0 radical (unpaired) electrons. The summed E-state index contributed by atoms with van der Waals surface area (Å²) in [5, 5.41) is 7.11. The molecule has 1 amide bonds. The SMILES string of the molecule is Cc1cc(=O)[nH]c(-n2nc(C)cc2NC(=O)C2Oc3ccccc3OC2C)n1. The van der Waals surface area contributed by atoms with Crippen molar-refractivity contribution >= 4 is 11.7 Å². The van der Waals surface area contributed by atoms with Crippen LogP contribution in [0.3, 0.4) is 0 Å². The van der Waals surface area contributed by atoms with Gasteiger partial charge < -0.3 is 14.8 Å². The van der Waals surface area contributed by atoms with Crippen LogP contribution < -0.4 is 20.3 Å². The van der Waals surface area contributed by atoms with Gasteiger partial charge in [-0.05, 0) is 32.9 Å². The summed E-state index contributed by atoms with van der Waals surface area (Å²) in [5.74, 6) is 1.30. The van der Waals surface area contributed by atoms with Gasteiger partial charge in [0, 0.05) is 17.8 Å². The Morgan fingerprint density at radius 1 is 1.14 bits per heavy atom. The fraction of sp³-hybridized carbons (Fsp3) is 0.263. The van der Waals surface area contributed by atoms with E-state index in [-0.39, 0.29) is 11.5 Å². The molecule has 4 rings (SSSR count). The van der Waals surface area contributed by atoms with Crippen molar-refractivity contribution in [3.63, 3.8) is 0 Å². The van der Waals surface area contributed by atoms with Crippen LogP contribution in [-0.4, -0.2) is 37.9 Å². The van der Waals surface area contributed by atoms with Crippen molar-refractivity contribution in [1.29, 1.82) is 0 Å². The van der Waals surface area contributed by atoms with E-state index in [4.69, 9.17) is 9.47 Å². The number of H-pyrrole nitrogens is 1. The molecule has 9 nitrogen and oxygen atoms in total. The summed E-state index contributed by atoms with van der Waals surface area (Å²) < 4.78 is 13.0. The van der Waals surface area contributed by atoms with Gasteiger partial charge in [0.2, 0.25) is 12.1 Å². The number of carbonyl (C=O) groups is 1. The number of para-hydroxylation sites is 2. The Morgan fingerprint density at radius 3 is 2.57 bits per heavy atom. The highest BCUT2D eigenvalue weighted by atomic mass is 16.6. The molecule has 2 unspecified atom stereocenters. The van der Waals surface area contributed by atoms with Crippen molar-refractivity contribution < 1.29 is 14.3 Å². The van der Waals surface area contributed by atoms with Crippen molar-refractivity contribution in [2.45, 2.75) is 33.0 Å². The van der Waals surface area contributed by atoms with Crippen molar-refractivity contribution in [1.82, 2.24) is 19.7 Å². The Labute approximate surface area is 160 Å². The Bertz CT molecular complexity index is 1100. The van der Waals surface area contributed by atoms with Crippen LogP contribution in [0.15, 0.2) is 41.2 Å². The summed E-state index contributed by atoms with van der Waals surface area (Å²) in [6.45, 7) is 5.25. The average Bonchev–Trinajstić information content (AvgIpc) is 3.00. The van der Waals surface area contributed by atoms with E-state index in [0.717, 1.165) is 0 Å². The molecule has 1 aromatic carbocycles. The molecule has 2 N–H and O–H groups in total. The quantitative estimate of drug-likeness (QED) is 0.715. The molecule has 2 aromatic heterocycles. The maximum atomic E-state index is 12.9. The molecule has 3 aromatic rings. The Hall–Kier alpha value is -3.62. The number of benzene rings is 1. The number of carbonyl (C=O) groups excluding carboxylic acids is 1. The monoisotopic (exact) mass is 381 g/mol. The Balaban J connectivity index is 1.61. The van der Waals surface area contributed by atoms with Crippen LogP contribution in [0.4, 0.5) is 5.82 Å². The number of nitrogens with one attached hydrogen (secondary N) is 2. The van der Waals surface area contributed by atoms with Crippen LogP contribution in [0.25, 0.3) is 5.95 Å². The number of aromatic amines is 1. The highest BCUT2D eigenvalue weighted by molar-refractivity contribution is 5.94. The summed E-state index contributed by atoms with van der Waals surface area (Å²) in [6, 6.07) is 10.3. The van der Waals surface area contributed by atoms with Gasteiger partial charge in [-0.1, -0.05) is 12.1 Å². The Morgan fingerprint density at radius 2 is 1.86 bits per heavy atom. The van der Waals surface area contributed by atoms with E-state index in [9.17, 15) is 9.59 Å². The molecule has 9 heteroatoms. The number of amides is 1. The first kappa shape index (κ1) is 17.8. The van der Waals surface area contributed by atoms with Gasteiger partial charge in [0.1, 0.15) is 11.9 Å². The lowest BCUT2D eigenvalue weighted by Crippen LogP contribution is -2.46. The van der Waals surface area contributed by atoms with Crippen molar-refractivity contribution in [3.05, 3.63) is 58.1 Å². The minimum Gasteiger partial charge on any atom is -0.482 e. The molecule has 28 heavy (non-hydrogen) atoms. The predicted octanol–water partition coefficient (Wildman–Crippen LogP) is 1.74. The first-order chi connectivity index (χ1) is 13.4. The molecule has 0 saturated heterocycles. The van der Waals surface area contributed by atoms with Gasteiger partial charge in [0.25, 0.3) is 11.5 Å². The molecule has 144 valence electrons. The van der Waals surface area contributed by atoms with E-state index >= 15 is 0 Å². The summed E-state index contributed by atoms with van der Waals surface area (Å²) in [4.78, 5) is 31.5. The molecule has 0 saturated carbocycles. The maximum absolute atomic E-state index is 12.9. The number of aromatic nitrogens is 4. The zero-order chi connectivity index (χ0) is 19.8. The minimum absolute atomic E-state index is 0.215. The third-order valence-electron chi connectivity index (χ3n) is 4.24. The molecular formula is C19H19N5O4. The average molecular weight is 381 g/mol. The van der Waals surface area contributed by atoms with E-state index in [2.05, 4.69) is 20.4 Å². The second kappa shape index (κ2) is 6.84. The minimum atomic E-state index is -0.844. The lowest BCUT2D eigenvalue weighted by Gasteiger charge is -2.30. The molecule has 3 heterocycles. The fourth-order valence-electron chi connectivity index (χ4n) is 3.02. The number of rotatable bonds is 3. The van der Waals surface area contributed by atoms with E-state index in [0.29, 0.717) is 28.7 Å². The normalized spacial score (nSPS) is 18.0. The number of aryl methyl sites for hydroxylation is 2. The number of nitrogens with zero attached hydrogens (tertiary/aromatic N) is 3. The molecule has 0 spiro atoms. The maximum Gasteiger partial charge on any atom is 0.270 e. The summed E-state index contributed by atoms with van der Waals surface area (Å²) in [5.41, 5.74) is 0.888. The fourth-order valence-corrected chi connectivity index (χ4v) is 3.02. The van der Waals surface area contributed by atoms with Gasteiger partial charge in [-0.15, -0.1) is 0 Å². The van der Waals surface area contributed by atoms with E-state index in [1.165, 1.54) is 10.7 Å². The largest absolute Gasteiger partial charge is 0.482 e. The molecule has 0 fully saturated rings. The second-order valence-electron chi connectivity index (χ2n) is 6.59. The van der Waals surface area contributed by atoms with Gasteiger partial charge in [0.15, 0.2) is 11.5 Å². The van der Waals surface area contributed by atoms with Crippen molar-refractivity contribution in [2.24, 2.45) is 0 Å². The number of ether oxygens (including phenoxy) is 2. The smallest absolute Gasteiger partial charge is 0.270 e. The Kier molecular flexibility index (Phi) is 4.34. The van der Waals surface area contributed by atoms with Gasteiger partial charge in [-0.3, -0.25) is 14.6 Å². The second-order valence-corrected chi connectivity index (χ2v) is 6.59. The number of hydrogen-bond donors (Lipinski definition) is 2. The third kappa shape index (κ3) is 3.34. The molecule has 0 bridgehead atoms. The molecule has 1 aliphatic rings. The zero-order valence-corrected chi connectivity index (χ0v) is 15.6. The molecule has 2 atom stereocenters. The topological polar surface area (TPSA) is 111 Å². The van der Waals surface area contributed by atoms with Crippen molar-refractivity contribution in [2.75, 3.05) is 5.32 Å². The summed E-state index contributed by atoms with van der Waals surface area (Å²) in [6.07, 6.45) is -1.33. The summed E-state index contributed by atoms with van der Waals surface area (Å²) >= 11 is 0. The highest BCUT2D eigenvalue weighted by Crippen LogP contribution is 2.33. The van der Waals surface area contributed by atoms with Gasteiger partial charge in [-0.2, -0.15) is 9.78 Å². The molecule has 1 aliphatic heterocycles. The zero-order valence-electron chi connectivity index (χ0n) is 15.6. The van der Waals surface area contributed by atoms with Crippen LogP contribution in [0, 0.1) is 13.8 Å². The van der Waals surface area contributed by atoms with E-state index < -0.39 is 18.1 Å². The summed E-state index contributed by atoms with van der Waals surface area (Å²) in [7, 11) is 0. The van der Waals surface area contributed by atoms with Gasteiger partial charge in [0.05, 0.1) is 5.69 Å². The number of anilines is 1. The number of hydrogen-bond acceptors (Lipinski definition) is 6. The predicted molar refractivity (Wildman–Crippen MR) is 101 cm³/mol.